The summed E-state index contributed by atoms with van der Waals surface area (Å²) in [5, 5.41) is 9.89. The maximum Gasteiger partial charge on any atom is 0.146 e. The maximum absolute atomic E-state index is 14.0. The molecule has 2 rings (SSSR count). The van der Waals surface area contributed by atoms with E-state index in [2.05, 4.69) is 0 Å². The third kappa shape index (κ3) is 3.05. The van der Waals surface area contributed by atoms with Crippen molar-refractivity contribution in [3.05, 3.63) is 59.2 Å². The molecule has 0 aliphatic heterocycles. The summed E-state index contributed by atoms with van der Waals surface area (Å²) in [7, 11) is 0. The van der Waals surface area contributed by atoms with Crippen LogP contribution >= 0.6 is 0 Å². The van der Waals surface area contributed by atoms with Crippen molar-refractivity contribution in [1.82, 2.24) is 0 Å². The van der Waals surface area contributed by atoms with Crippen LogP contribution in [-0.4, -0.2) is 11.7 Å². The van der Waals surface area contributed by atoms with Gasteiger partial charge in [0.15, 0.2) is 0 Å². The van der Waals surface area contributed by atoms with Crippen molar-refractivity contribution in [2.24, 2.45) is 0 Å². The van der Waals surface area contributed by atoms with E-state index in [1.807, 2.05) is 6.92 Å². The molecule has 1 atom stereocenters. The minimum atomic E-state index is -0.837. The summed E-state index contributed by atoms with van der Waals surface area (Å²) in [6.45, 7) is 5.62. The number of aliphatic hydroxyl groups excluding tert-OH is 1. The Kier molecular flexibility index (Phi) is 4.58. The highest BCUT2D eigenvalue weighted by atomic mass is 19.1. The van der Waals surface area contributed by atoms with Crippen LogP contribution in [0.1, 0.15) is 31.1 Å². The molecule has 2 aromatic rings. The van der Waals surface area contributed by atoms with Crippen LogP contribution in [-0.2, 0) is 0 Å². The van der Waals surface area contributed by atoms with Crippen molar-refractivity contribution in [3.63, 3.8) is 0 Å². The summed E-state index contributed by atoms with van der Waals surface area (Å²) in [5.74, 6) is -0.725. The second-order valence-electron chi connectivity index (χ2n) is 5.03. The van der Waals surface area contributed by atoms with Crippen molar-refractivity contribution in [2.45, 2.75) is 26.9 Å². The van der Waals surface area contributed by atoms with Crippen LogP contribution in [0.25, 0.3) is 0 Å². The Hall–Kier alpha value is -1.94. The Bertz CT molecular complexity index is 641. The molecule has 0 heterocycles. The molecular formula is C17H19F2NO. The van der Waals surface area contributed by atoms with Gasteiger partial charge in [0.1, 0.15) is 11.6 Å². The van der Waals surface area contributed by atoms with Gasteiger partial charge in [-0.3, -0.25) is 0 Å². The first-order valence-electron chi connectivity index (χ1n) is 6.95. The third-order valence-corrected chi connectivity index (χ3v) is 3.51. The number of aliphatic hydroxyl groups is 1. The average molecular weight is 291 g/mol. The summed E-state index contributed by atoms with van der Waals surface area (Å²) < 4.78 is 27.8. The minimum Gasteiger partial charge on any atom is -0.389 e. The number of aryl methyl sites for hydroxylation is 1. The van der Waals surface area contributed by atoms with E-state index in [4.69, 9.17) is 0 Å². The molecule has 4 heteroatoms. The van der Waals surface area contributed by atoms with E-state index in [9.17, 15) is 13.9 Å². The predicted molar refractivity (Wildman–Crippen MR) is 80.9 cm³/mol. The summed E-state index contributed by atoms with van der Waals surface area (Å²) in [6, 6.07) is 9.39. The van der Waals surface area contributed by atoms with Gasteiger partial charge in [-0.25, -0.2) is 8.78 Å². The number of anilines is 2. The van der Waals surface area contributed by atoms with E-state index in [1.165, 1.54) is 12.1 Å². The van der Waals surface area contributed by atoms with Crippen LogP contribution in [0.5, 0.6) is 0 Å². The lowest BCUT2D eigenvalue weighted by Crippen LogP contribution is -2.20. The molecule has 0 aliphatic carbocycles. The van der Waals surface area contributed by atoms with E-state index >= 15 is 0 Å². The van der Waals surface area contributed by atoms with Gasteiger partial charge in [-0.15, -0.1) is 0 Å². The van der Waals surface area contributed by atoms with Gasteiger partial charge >= 0.3 is 0 Å². The first-order chi connectivity index (χ1) is 9.95. The van der Waals surface area contributed by atoms with E-state index in [0.717, 1.165) is 0 Å². The Balaban J connectivity index is 2.62. The normalized spacial score (nSPS) is 12.3. The first-order valence-corrected chi connectivity index (χ1v) is 6.95. The molecule has 0 radical (unpaired) electrons. The largest absolute Gasteiger partial charge is 0.389 e. The molecule has 0 saturated carbocycles. The zero-order valence-electron chi connectivity index (χ0n) is 12.4. The Labute approximate surface area is 123 Å². The fraction of sp³-hybridized carbons (Fsp3) is 0.294. The van der Waals surface area contributed by atoms with E-state index in [1.54, 1.807) is 43.0 Å². The molecule has 0 unspecified atom stereocenters. The van der Waals surface area contributed by atoms with Gasteiger partial charge in [-0.2, -0.15) is 0 Å². The van der Waals surface area contributed by atoms with Gasteiger partial charge in [0.2, 0.25) is 0 Å². The second-order valence-corrected chi connectivity index (χ2v) is 5.03. The van der Waals surface area contributed by atoms with Gasteiger partial charge in [-0.1, -0.05) is 12.1 Å². The van der Waals surface area contributed by atoms with E-state index in [0.29, 0.717) is 29.0 Å². The molecule has 0 bridgehead atoms. The highest BCUT2D eigenvalue weighted by Gasteiger charge is 2.19. The van der Waals surface area contributed by atoms with Crippen LogP contribution in [0.2, 0.25) is 0 Å². The third-order valence-electron chi connectivity index (χ3n) is 3.51. The number of nitrogens with zero attached hydrogens (tertiary/aromatic N) is 1. The van der Waals surface area contributed by atoms with Crippen molar-refractivity contribution in [3.8, 4) is 0 Å². The van der Waals surface area contributed by atoms with Crippen molar-refractivity contribution in [1.29, 1.82) is 0 Å². The number of hydrogen-bond donors (Lipinski definition) is 1. The summed E-state index contributed by atoms with van der Waals surface area (Å²) in [4.78, 5) is 1.74. The van der Waals surface area contributed by atoms with Gasteiger partial charge in [0.25, 0.3) is 0 Å². The number of para-hydroxylation sites is 1. The molecule has 0 aromatic heterocycles. The Morgan fingerprint density at radius 3 is 2.33 bits per heavy atom. The molecule has 0 amide bonds. The van der Waals surface area contributed by atoms with Gasteiger partial charge in [-0.05, 0) is 50.6 Å². The molecule has 0 spiro atoms. The standard InChI is InChI=1S/C17H19F2NO/c1-4-20(16-8-6-5-7-14(16)18)17-9-11(2)15(19)10-13(17)12(3)21/h5-10,12,21H,4H2,1-3H3/t12-/m0/s1. The molecule has 2 nitrogen and oxygen atoms in total. The van der Waals surface area contributed by atoms with E-state index in [-0.39, 0.29) is 11.6 Å². The van der Waals surface area contributed by atoms with Crippen molar-refractivity contribution < 1.29 is 13.9 Å². The Morgan fingerprint density at radius 1 is 1.10 bits per heavy atom. The summed E-state index contributed by atoms with van der Waals surface area (Å²) >= 11 is 0. The average Bonchev–Trinajstić information content (AvgIpc) is 2.44. The van der Waals surface area contributed by atoms with E-state index < -0.39 is 6.10 Å². The lowest BCUT2D eigenvalue weighted by Gasteiger charge is -2.27. The topological polar surface area (TPSA) is 23.5 Å². The maximum atomic E-state index is 14.0. The van der Waals surface area contributed by atoms with Gasteiger partial charge in [0.05, 0.1) is 11.8 Å². The van der Waals surface area contributed by atoms with Crippen molar-refractivity contribution in [2.75, 3.05) is 11.4 Å². The van der Waals surface area contributed by atoms with Gasteiger partial charge in [0, 0.05) is 17.8 Å². The molecule has 112 valence electrons. The zero-order chi connectivity index (χ0) is 15.6. The number of halogens is 2. The molecule has 0 fully saturated rings. The predicted octanol–water partition coefficient (Wildman–Crippen LogP) is 4.48. The van der Waals surface area contributed by atoms with Crippen molar-refractivity contribution >= 4 is 11.4 Å². The fourth-order valence-electron chi connectivity index (χ4n) is 2.39. The quantitative estimate of drug-likeness (QED) is 0.897. The second kappa shape index (κ2) is 6.22. The molecule has 21 heavy (non-hydrogen) atoms. The Morgan fingerprint density at radius 2 is 1.76 bits per heavy atom. The molecule has 1 N–H and O–H groups in total. The minimum absolute atomic E-state index is 0.349. The van der Waals surface area contributed by atoms with Crippen LogP contribution in [0.15, 0.2) is 36.4 Å². The summed E-state index contributed by atoms with van der Waals surface area (Å²) in [6.07, 6.45) is -0.837. The smallest absolute Gasteiger partial charge is 0.146 e. The SMILES string of the molecule is CCN(c1ccccc1F)c1cc(C)c(F)cc1[C@H](C)O. The molecule has 0 saturated heterocycles. The first kappa shape index (κ1) is 15.4. The lowest BCUT2D eigenvalue weighted by atomic mass is 10.0. The lowest BCUT2D eigenvalue weighted by molar-refractivity contribution is 0.199. The monoisotopic (exact) mass is 291 g/mol. The highest BCUT2D eigenvalue weighted by Crippen LogP contribution is 2.34. The van der Waals surface area contributed by atoms with Crippen LogP contribution in [0.4, 0.5) is 20.2 Å². The molecular weight excluding hydrogens is 272 g/mol. The molecule has 0 aliphatic rings. The van der Waals surface area contributed by atoms with Crippen LogP contribution in [0.3, 0.4) is 0 Å². The van der Waals surface area contributed by atoms with Crippen LogP contribution in [0, 0.1) is 18.6 Å². The zero-order valence-corrected chi connectivity index (χ0v) is 12.4. The number of hydrogen-bond acceptors (Lipinski definition) is 2. The molecule has 2 aromatic carbocycles. The van der Waals surface area contributed by atoms with Crippen LogP contribution < -0.4 is 4.90 Å². The fourth-order valence-corrected chi connectivity index (χ4v) is 2.39. The summed E-state index contributed by atoms with van der Waals surface area (Å²) in [5.41, 5.74) is 1.94. The number of rotatable bonds is 4. The number of benzene rings is 2. The highest BCUT2D eigenvalue weighted by molar-refractivity contribution is 5.68. The van der Waals surface area contributed by atoms with Gasteiger partial charge < -0.3 is 10.0 Å².